The first-order valence-electron chi connectivity index (χ1n) is 9.71. The molecule has 2 aromatic heterocycles. The fourth-order valence-corrected chi connectivity index (χ4v) is 3.52. The van der Waals surface area contributed by atoms with Gasteiger partial charge in [0.15, 0.2) is 0 Å². The van der Waals surface area contributed by atoms with E-state index in [1.807, 2.05) is 29.2 Å². The number of carbonyl (C=O) groups is 1. The quantitative estimate of drug-likeness (QED) is 0.654. The topological polar surface area (TPSA) is 66.6 Å². The SMILES string of the molecule is CCc1ccc(C(=O)N2CCN(c3cc(C)nc4nc(C(F)(F)F)nn34)CC2)cc1. The largest absolute Gasteiger partial charge is 0.453 e. The maximum atomic E-state index is 13.0. The van der Waals surface area contributed by atoms with Gasteiger partial charge in [-0.25, -0.2) is 4.98 Å². The van der Waals surface area contributed by atoms with Crippen LogP contribution >= 0.6 is 0 Å². The molecule has 4 rings (SSSR count). The number of benzene rings is 1. The molecule has 1 aromatic carbocycles. The second kappa shape index (κ2) is 7.58. The van der Waals surface area contributed by atoms with Crippen molar-refractivity contribution < 1.29 is 18.0 Å². The highest BCUT2D eigenvalue weighted by Gasteiger charge is 2.37. The molecule has 30 heavy (non-hydrogen) atoms. The summed E-state index contributed by atoms with van der Waals surface area (Å²) in [5, 5.41) is 3.61. The number of carbonyl (C=O) groups excluding carboxylic acids is 1. The van der Waals surface area contributed by atoms with Crippen molar-refractivity contribution in [1.82, 2.24) is 24.5 Å². The molecule has 0 bridgehead atoms. The van der Waals surface area contributed by atoms with E-state index in [-0.39, 0.29) is 11.7 Å². The molecule has 10 heteroatoms. The predicted octanol–water partition coefficient (Wildman–Crippen LogP) is 2.98. The van der Waals surface area contributed by atoms with E-state index < -0.39 is 12.0 Å². The van der Waals surface area contributed by atoms with Crippen LogP contribution in [0.5, 0.6) is 0 Å². The van der Waals surface area contributed by atoms with E-state index >= 15 is 0 Å². The normalized spacial score (nSPS) is 15.1. The average molecular weight is 418 g/mol. The molecular formula is C20H21F3N6O. The minimum absolute atomic E-state index is 0.0477. The van der Waals surface area contributed by atoms with Gasteiger partial charge in [0.1, 0.15) is 5.82 Å². The van der Waals surface area contributed by atoms with Crippen molar-refractivity contribution in [3.8, 4) is 0 Å². The summed E-state index contributed by atoms with van der Waals surface area (Å²) in [5.74, 6) is -0.869. The van der Waals surface area contributed by atoms with Crippen LogP contribution in [0.3, 0.4) is 0 Å². The van der Waals surface area contributed by atoms with Gasteiger partial charge >= 0.3 is 6.18 Å². The Morgan fingerprint density at radius 2 is 1.73 bits per heavy atom. The lowest BCUT2D eigenvalue weighted by atomic mass is 10.1. The minimum Gasteiger partial charge on any atom is -0.353 e. The third-order valence-electron chi connectivity index (χ3n) is 5.17. The number of nitrogens with zero attached hydrogens (tertiary/aromatic N) is 6. The third-order valence-corrected chi connectivity index (χ3v) is 5.17. The first kappa shape index (κ1) is 20.1. The van der Waals surface area contributed by atoms with Gasteiger partial charge in [0.2, 0.25) is 0 Å². The van der Waals surface area contributed by atoms with Crippen LogP contribution in [0.4, 0.5) is 19.0 Å². The highest BCUT2D eigenvalue weighted by atomic mass is 19.4. The van der Waals surface area contributed by atoms with Crippen LogP contribution in [0.2, 0.25) is 0 Å². The summed E-state index contributed by atoms with van der Waals surface area (Å²) >= 11 is 0. The summed E-state index contributed by atoms with van der Waals surface area (Å²) in [4.78, 5) is 24.0. The smallest absolute Gasteiger partial charge is 0.353 e. The van der Waals surface area contributed by atoms with Gasteiger partial charge in [-0.1, -0.05) is 19.1 Å². The molecule has 0 saturated carbocycles. The van der Waals surface area contributed by atoms with E-state index in [4.69, 9.17) is 0 Å². The highest BCUT2D eigenvalue weighted by Crippen LogP contribution is 2.28. The number of aromatic nitrogens is 4. The maximum absolute atomic E-state index is 13.0. The number of fused-ring (bicyclic) bond motifs is 1. The first-order valence-corrected chi connectivity index (χ1v) is 9.71. The molecule has 0 N–H and O–H groups in total. The van der Waals surface area contributed by atoms with E-state index in [2.05, 4.69) is 22.0 Å². The van der Waals surface area contributed by atoms with E-state index in [9.17, 15) is 18.0 Å². The summed E-state index contributed by atoms with van der Waals surface area (Å²) in [5.41, 5.74) is 2.35. The number of halogens is 3. The Balaban J connectivity index is 1.53. The number of alkyl halides is 3. The molecular weight excluding hydrogens is 397 g/mol. The highest BCUT2D eigenvalue weighted by molar-refractivity contribution is 5.94. The Morgan fingerprint density at radius 3 is 2.33 bits per heavy atom. The molecule has 3 aromatic rings. The Kier molecular flexibility index (Phi) is 5.08. The number of aryl methyl sites for hydroxylation is 2. The summed E-state index contributed by atoms with van der Waals surface area (Å²) in [6, 6.07) is 9.24. The van der Waals surface area contributed by atoms with Gasteiger partial charge in [-0.05, 0) is 31.0 Å². The molecule has 158 valence electrons. The van der Waals surface area contributed by atoms with E-state index in [1.54, 1.807) is 17.9 Å². The van der Waals surface area contributed by atoms with Crippen molar-refractivity contribution >= 4 is 17.5 Å². The third kappa shape index (κ3) is 3.81. The lowest BCUT2D eigenvalue weighted by Gasteiger charge is -2.36. The molecule has 1 amide bonds. The van der Waals surface area contributed by atoms with Crippen LogP contribution in [-0.4, -0.2) is 56.6 Å². The fraction of sp³-hybridized carbons (Fsp3) is 0.400. The van der Waals surface area contributed by atoms with Crippen LogP contribution in [0.1, 0.15) is 34.4 Å². The van der Waals surface area contributed by atoms with Crippen molar-refractivity contribution in [3.05, 3.63) is 53.0 Å². The van der Waals surface area contributed by atoms with Crippen LogP contribution < -0.4 is 4.90 Å². The summed E-state index contributed by atoms with van der Waals surface area (Å²) in [6.45, 7) is 5.61. The second-order valence-electron chi connectivity index (χ2n) is 7.23. The first-order chi connectivity index (χ1) is 14.3. The summed E-state index contributed by atoms with van der Waals surface area (Å²) in [6.07, 6.45) is -3.73. The van der Waals surface area contributed by atoms with E-state index in [0.717, 1.165) is 10.9 Å². The Hall–Kier alpha value is -3.17. The number of hydrogen-bond acceptors (Lipinski definition) is 5. The lowest BCUT2D eigenvalue weighted by molar-refractivity contribution is -0.144. The van der Waals surface area contributed by atoms with Crippen molar-refractivity contribution in [1.29, 1.82) is 0 Å². The zero-order valence-corrected chi connectivity index (χ0v) is 16.6. The molecule has 3 heterocycles. The van der Waals surface area contributed by atoms with Gasteiger partial charge in [-0.15, -0.1) is 5.10 Å². The molecule has 0 unspecified atom stereocenters. The van der Waals surface area contributed by atoms with Crippen molar-refractivity contribution in [2.24, 2.45) is 0 Å². The zero-order valence-electron chi connectivity index (χ0n) is 16.6. The summed E-state index contributed by atoms with van der Waals surface area (Å²) < 4.78 is 40.2. The van der Waals surface area contributed by atoms with Crippen molar-refractivity contribution in [2.45, 2.75) is 26.4 Å². The average Bonchev–Trinajstić information content (AvgIpc) is 3.17. The monoisotopic (exact) mass is 418 g/mol. The lowest BCUT2D eigenvalue weighted by Crippen LogP contribution is -2.49. The molecule has 1 aliphatic rings. The fourth-order valence-electron chi connectivity index (χ4n) is 3.52. The van der Waals surface area contributed by atoms with Gasteiger partial charge in [-0.2, -0.15) is 22.7 Å². The standard InChI is InChI=1S/C20H21F3N6O/c1-3-14-4-6-15(7-5-14)17(30)28-10-8-27(9-11-28)16-12-13(2)24-19-25-18(20(21,22)23)26-29(16)19/h4-7,12H,3,8-11H2,1-2H3. The van der Waals surface area contributed by atoms with Gasteiger partial charge in [0.05, 0.1) is 0 Å². The number of piperazine rings is 1. The molecule has 0 atom stereocenters. The van der Waals surface area contributed by atoms with Crippen molar-refractivity contribution in [3.63, 3.8) is 0 Å². The van der Waals surface area contributed by atoms with Gasteiger partial charge < -0.3 is 9.80 Å². The Morgan fingerprint density at radius 1 is 1.07 bits per heavy atom. The van der Waals surface area contributed by atoms with Crippen molar-refractivity contribution in [2.75, 3.05) is 31.1 Å². The molecule has 1 saturated heterocycles. The van der Waals surface area contributed by atoms with Gasteiger partial charge in [0.25, 0.3) is 17.5 Å². The molecule has 7 nitrogen and oxygen atoms in total. The maximum Gasteiger partial charge on any atom is 0.453 e. The molecule has 0 aliphatic carbocycles. The van der Waals surface area contributed by atoms with E-state index in [1.165, 1.54) is 5.56 Å². The van der Waals surface area contributed by atoms with Crippen LogP contribution in [0, 0.1) is 6.92 Å². The van der Waals surface area contributed by atoms with Gasteiger partial charge in [0, 0.05) is 43.5 Å². The Labute approximate surface area is 171 Å². The van der Waals surface area contributed by atoms with Crippen LogP contribution in [0.25, 0.3) is 5.78 Å². The molecule has 1 aliphatic heterocycles. The van der Waals surface area contributed by atoms with E-state index in [0.29, 0.717) is 43.3 Å². The molecule has 0 spiro atoms. The van der Waals surface area contributed by atoms with Crippen LogP contribution in [0.15, 0.2) is 30.3 Å². The number of rotatable bonds is 3. The number of anilines is 1. The zero-order chi connectivity index (χ0) is 21.5. The number of amides is 1. The predicted molar refractivity (Wildman–Crippen MR) is 104 cm³/mol. The van der Waals surface area contributed by atoms with Gasteiger partial charge in [-0.3, -0.25) is 4.79 Å². The molecule has 1 fully saturated rings. The van der Waals surface area contributed by atoms with Crippen LogP contribution in [-0.2, 0) is 12.6 Å². The number of hydrogen-bond donors (Lipinski definition) is 0. The molecule has 0 radical (unpaired) electrons. The second-order valence-corrected chi connectivity index (χ2v) is 7.23. The summed E-state index contributed by atoms with van der Waals surface area (Å²) in [7, 11) is 0. The minimum atomic E-state index is -4.64. The Bertz CT molecular complexity index is 1070.